The van der Waals surface area contributed by atoms with E-state index in [1.165, 1.54) is 17.8 Å². The number of fused-ring (bicyclic) bond motifs is 1. The molecule has 1 aromatic rings. The highest BCUT2D eigenvalue weighted by Crippen LogP contribution is 2.39. The van der Waals surface area contributed by atoms with Gasteiger partial charge in [0.05, 0.1) is 24.0 Å². The van der Waals surface area contributed by atoms with Crippen LogP contribution in [-0.2, 0) is 27.2 Å². The topological polar surface area (TPSA) is 92.7 Å². The minimum atomic E-state index is -0.913. The molecule has 2 aliphatic rings. The SMILES string of the molecule is CCOC(=O)c1c(NC(=O)[C@H]2CCCC[C@@H]2C(=O)O)sc2c1CCCCCC2. The van der Waals surface area contributed by atoms with Crippen molar-refractivity contribution in [2.45, 2.75) is 71.1 Å². The molecule has 154 valence electrons. The molecule has 1 heterocycles. The molecule has 1 aromatic heterocycles. The molecule has 2 aliphatic carbocycles. The van der Waals surface area contributed by atoms with Crippen molar-refractivity contribution in [3.63, 3.8) is 0 Å². The first-order chi connectivity index (χ1) is 13.5. The summed E-state index contributed by atoms with van der Waals surface area (Å²) in [4.78, 5) is 38.3. The Morgan fingerprint density at radius 2 is 1.71 bits per heavy atom. The van der Waals surface area contributed by atoms with E-state index in [4.69, 9.17) is 4.74 Å². The summed E-state index contributed by atoms with van der Waals surface area (Å²) in [6.45, 7) is 2.05. The van der Waals surface area contributed by atoms with Crippen LogP contribution in [0, 0.1) is 11.8 Å². The third-order valence-corrected chi connectivity index (χ3v) is 7.01. The van der Waals surface area contributed by atoms with E-state index in [0.717, 1.165) is 55.4 Å². The fourth-order valence-electron chi connectivity index (χ4n) is 4.37. The van der Waals surface area contributed by atoms with Gasteiger partial charge in [-0.3, -0.25) is 9.59 Å². The Bertz CT molecular complexity index is 741. The first kappa shape index (κ1) is 20.8. The molecule has 0 unspecified atom stereocenters. The average Bonchev–Trinajstić information content (AvgIpc) is 2.98. The number of thiophene rings is 1. The minimum absolute atomic E-state index is 0.278. The predicted octanol–water partition coefficient (Wildman–Crippen LogP) is 4.41. The molecule has 0 bridgehead atoms. The summed E-state index contributed by atoms with van der Waals surface area (Å²) in [5.74, 6) is -2.79. The van der Waals surface area contributed by atoms with Gasteiger partial charge in [0, 0.05) is 4.88 Å². The van der Waals surface area contributed by atoms with Crippen LogP contribution in [0.4, 0.5) is 5.00 Å². The smallest absolute Gasteiger partial charge is 0.341 e. The minimum Gasteiger partial charge on any atom is -0.481 e. The molecule has 0 aromatic carbocycles. The number of rotatable bonds is 5. The van der Waals surface area contributed by atoms with Crippen LogP contribution in [0.2, 0.25) is 0 Å². The van der Waals surface area contributed by atoms with E-state index in [2.05, 4.69) is 5.32 Å². The van der Waals surface area contributed by atoms with Gasteiger partial charge in [0.25, 0.3) is 0 Å². The second-order valence-electron chi connectivity index (χ2n) is 7.67. The van der Waals surface area contributed by atoms with Crippen LogP contribution in [0.1, 0.15) is 79.1 Å². The number of ether oxygens (including phenoxy) is 1. The number of hydrogen-bond donors (Lipinski definition) is 2. The molecule has 1 amide bonds. The molecule has 0 radical (unpaired) electrons. The zero-order valence-electron chi connectivity index (χ0n) is 16.4. The van der Waals surface area contributed by atoms with Gasteiger partial charge in [-0.2, -0.15) is 0 Å². The van der Waals surface area contributed by atoms with Gasteiger partial charge < -0.3 is 15.2 Å². The van der Waals surface area contributed by atoms with Crippen LogP contribution in [0.5, 0.6) is 0 Å². The average molecular weight is 408 g/mol. The molecular formula is C21H29NO5S. The van der Waals surface area contributed by atoms with Crippen molar-refractivity contribution in [3.05, 3.63) is 16.0 Å². The number of hydrogen-bond acceptors (Lipinski definition) is 5. The molecule has 6 nitrogen and oxygen atoms in total. The van der Waals surface area contributed by atoms with Crippen molar-refractivity contribution in [1.82, 2.24) is 0 Å². The lowest BCUT2D eigenvalue weighted by Crippen LogP contribution is -2.36. The summed E-state index contributed by atoms with van der Waals surface area (Å²) in [6, 6.07) is 0. The van der Waals surface area contributed by atoms with Crippen LogP contribution in [0.25, 0.3) is 0 Å². The van der Waals surface area contributed by atoms with Gasteiger partial charge in [0.1, 0.15) is 5.00 Å². The maximum Gasteiger partial charge on any atom is 0.341 e. The van der Waals surface area contributed by atoms with Crippen molar-refractivity contribution in [1.29, 1.82) is 0 Å². The fraction of sp³-hybridized carbons (Fsp3) is 0.667. The molecule has 28 heavy (non-hydrogen) atoms. The zero-order valence-corrected chi connectivity index (χ0v) is 17.2. The quantitative estimate of drug-likeness (QED) is 0.705. The van der Waals surface area contributed by atoms with E-state index in [1.54, 1.807) is 6.92 Å². The normalized spacial score (nSPS) is 22.5. The maximum atomic E-state index is 12.9. The number of carboxylic acids is 1. The number of carbonyl (C=O) groups excluding carboxylic acids is 2. The van der Waals surface area contributed by atoms with E-state index in [9.17, 15) is 19.5 Å². The first-order valence-corrected chi connectivity index (χ1v) is 11.2. The molecular weight excluding hydrogens is 378 g/mol. The van der Waals surface area contributed by atoms with Crippen molar-refractivity contribution in [2.24, 2.45) is 11.8 Å². The number of carboxylic acid groups (broad SMARTS) is 1. The monoisotopic (exact) mass is 407 g/mol. The standard InChI is InChI=1S/C21H29NO5S/c1-2-27-21(26)17-15-11-5-3-4-6-12-16(15)28-19(17)22-18(23)13-9-7-8-10-14(13)20(24)25/h13-14H,2-12H2,1H3,(H,22,23)(H,24,25)/t13-,14-/m0/s1. The molecule has 1 saturated carbocycles. The Labute approximate surface area is 169 Å². The van der Waals surface area contributed by atoms with Gasteiger partial charge in [0.2, 0.25) is 5.91 Å². The Kier molecular flexibility index (Phi) is 7.10. The Morgan fingerprint density at radius 3 is 2.39 bits per heavy atom. The third kappa shape index (κ3) is 4.57. The third-order valence-electron chi connectivity index (χ3n) is 5.81. The highest BCUT2D eigenvalue weighted by atomic mass is 32.1. The van der Waals surface area contributed by atoms with Crippen molar-refractivity contribution in [3.8, 4) is 0 Å². The lowest BCUT2D eigenvalue weighted by molar-refractivity contribution is -0.147. The second kappa shape index (κ2) is 9.54. The van der Waals surface area contributed by atoms with Crippen molar-refractivity contribution in [2.75, 3.05) is 11.9 Å². The second-order valence-corrected chi connectivity index (χ2v) is 8.77. The van der Waals surface area contributed by atoms with Gasteiger partial charge >= 0.3 is 11.9 Å². The molecule has 2 atom stereocenters. The largest absolute Gasteiger partial charge is 0.481 e. The number of anilines is 1. The Balaban J connectivity index is 1.89. The van der Waals surface area contributed by atoms with E-state index in [0.29, 0.717) is 23.4 Å². The number of aliphatic carboxylic acids is 1. The lowest BCUT2D eigenvalue weighted by Gasteiger charge is -2.27. The highest BCUT2D eigenvalue weighted by Gasteiger charge is 2.37. The summed E-state index contributed by atoms with van der Waals surface area (Å²) in [6.07, 6.45) is 8.93. The van der Waals surface area contributed by atoms with E-state index in [1.807, 2.05) is 0 Å². The van der Waals surface area contributed by atoms with Gasteiger partial charge in [-0.15, -0.1) is 11.3 Å². The molecule has 1 fully saturated rings. The van der Waals surface area contributed by atoms with Crippen LogP contribution in [0.15, 0.2) is 0 Å². The van der Waals surface area contributed by atoms with Crippen molar-refractivity contribution < 1.29 is 24.2 Å². The van der Waals surface area contributed by atoms with Crippen LogP contribution in [-0.4, -0.2) is 29.6 Å². The molecule has 0 saturated heterocycles. The highest BCUT2D eigenvalue weighted by molar-refractivity contribution is 7.17. The first-order valence-electron chi connectivity index (χ1n) is 10.4. The molecule has 2 N–H and O–H groups in total. The number of amides is 1. The van der Waals surface area contributed by atoms with Crippen LogP contribution >= 0.6 is 11.3 Å². The molecule has 0 spiro atoms. The van der Waals surface area contributed by atoms with Crippen LogP contribution in [0.3, 0.4) is 0 Å². The molecule has 0 aliphatic heterocycles. The van der Waals surface area contributed by atoms with E-state index < -0.39 is 23.8 Å². The summed E-state index contributed by atoms with van der Waals surface area (Å²) < 4.78 is 5.27. The predicted molar refractivity (Wildman–Crippen MR) is 108 cm³/mol. The molecule has 3 rings (SSSR count). The fourth-order valence-corrected chi connectivity index (χ4v) is 5.65. The number of carbonyl (C=O) groups is 3. The lowest BCUT2D eigenvalue weighted by atomic mass is 9.78. The summed E-state index contributed by atoms with van der Waals surface area (Å²) in [5.41, 5.74) is 1.50. The number of nitrogens with one attached hydrogen (secondary N) is 1. The number of aryl methyl sites for hydroxylation is 1. The molecule has 7 heteroatoms. The maximum absolute atomic E-state index is 12.9. The zero-order chi connectivity index (χ0) is 20.1. The number of esters is 1. The summed E-state index contributed by atoms with van der Waals surface area (Å²) in [5, 5.41) is 12.9. The van der Waals surface area contributed by atoms with Crippen molar-refractivity contribution >= 4 is 34.2 Å². The Hall–Kier alpha value is -1.89. The van der Waals surface area contributed by atoms with Gasteiger partial charge in [-0.05, 0) is 51.0 Å². The Morgan fingerprint density at radius 1 is 1.04 bits per heavy atom. The van der Waals surface area contributed by atoms with Crippen LogP contribution < -0.4 is 5.32 Å². The summed E-state index contributed by atoms with van der Waals surface area (Å²) >= 11 is 1.46. The van der Waals surface area contributed by atoms with E-state index >= 15 is 0 Å². The van der Waals surface area contributed by atoms with E-state index in [-0.39, 0.29) is 12.5 Å². The van der Waals surface area contributed by atoms with Gasteiger partial charge in [-0.25, -0.2) is 4.79 Å². The summed E-state index contributed by atoms with van der Waals surface area (Å²) in [7, 11) is 0. The van der Waals surface area contributed by atoms with Gasteiger partial charge in [-0.1, -0.05) is 25.7 Å². The van der Waals surface area contributed by atoms with Gasteiger partial charge in [0.15, 0.2) is 0 Å².